The van der Waals surface area contributed by atoms with Gasteiger partial charge in [0.25, 0.3) is 5.91 Å². The summed E-state index contributed by atoms with van der Waals surface area (Å²) in [5.41, 5.74) is 0.939. The Labute approximate surface area is 157 Å². The third-order valence-electron chi connectivity index (χ3n) is 5.11. The van der Waals surface area contributed by atoms with Gasteiger partial charge in [-0.05, 0) is 23.3 Å². The summed E-state index contributed by atoms with van der Waals surface area (Å²) in [5.74, 6) is -1.24. The largest absolute Gasteiger partial charge is 0.479 e. The number of carboxylic acids is 1. The Hall–Kier alpha value is -3.40. The molecule has 134 valence electrons. The standard InChI is InChI=1S/C23H19NO3/c25-21(19-14-8-3-9-15-19)24-20(18-12-6-2-7-13-18)23(24,22(26)27)16-17-10-4-1-5-11-17/h1-15,20H,16H2,(H,26,27)/t20-,23+,24?/m0/s1. The van der Waals surface area contributed by atoms with Crippen molar-refractivity contribution in [3.63, 3.8) is 0 Å². The topological polar surface area (TPSA) is 57.4 Å². The first-order valence-corrected chi connectivity index (χ1v) is 8.85. The third kappa shape index (κ3) is 2.89. The van der Waals surface area contributed by atoms with E-state index in [0.29, 0.717) is 5.56 Å². The average molecular weight is 357 g/mol. The average Bonchev–Trinajstić information content (AvgIpc) is 3.39. The van der Waals surface area contributed by atoms with Crippen LogP contribution in [0.3, 0.4) is 0 Å². The van der Waals surface area contributed by atoms with Crippen molar-refractivity contribution in [2.45, 2.75) is 18.0 Å². The summed E-state index contributed by atoms with van der Waals surface area (Å²) in [6.45, 7) is 0. The third-order valence-corrected chi connectivity index (χ3v) is 5.11. The van der Waals surface area contributed by atoms with Gasteiger partial charge in [-0.2, -0.15) is 0 Å². The number of carbonyl (C=O) groups excluding carboxylic acids is 1. The normalized spacial score (nSPS) is 20.9. The lowest BCUT2D eigenvalue weighted by atomic mass is 9.92. The summed E-state index contributed by atoms with van der Waals surface area (Å²) < 4.78 is 0. The molecule has 2 atom stereocenters. The van der Waals surface area contributed by atoms with Crippen molar-refractivity contribution in [3.8, 4) is 0 Å². The van der Waals surface area contributed by atoms with Gasteiger partial charge in [-0.1, -0.05) is 78.9 Å². The molecule has 0 bridgehead atoms. The maximum absolute atomic E-state index is 13.2. The van der Waals surface area contributed by atoms with E-state index in [1.54, 1.807) is 24.3 Å². The molecule has 3 aromatic carbocycles. The van der Waals surface area contributed by atoms with Gasteiger partial charge in [0.1, 0.15) is 0 Å². The Morgan fingerprint density at radius 3 is 1.89 bits per heavy atom. The highest BCUT2D eigenvalue weighted by atomic mass is 16.4. The Morgan fingerprint density at radius 2 is 1.33 bits per heavy atom. The van der Waals surface area contributed by atoms with E-state index in [9.17, 15) is 14.7 Å². The lowest BCUT2D eigenvalue weighted by molar-refractivity contribution is -0.141. The number of carboxylic acid groups (broad SMARTS) is 1. The highest BCUT2D eigenvalue weighted by Gasteiger charge is 2.70. The first-order chi connectivity index (χ1) is 13.1. The van der Waals surface area contributed by atoms with Crippen LogP contribution in [0.2, 0.25) is 0 Å². The summed E-state index contributed by atoms with van der Waals surface area (Å²) in [6, 6.07) is 27.2. The van der Waals surface area contributed by atoms with Crippen molar-refractivity contribution in [2.24, 2.45) is 0 Å². The van der Waals surface area contributed by atoms with E-state index in [1.807, 2.05) is 66.7 Å². The number of aliphatic carboxylic acids is 1. The van der Waals surface area contributed by atoms with Crippen molar-refractivity contribution in [1.29, 1.82) is 0 Å². The van der Waals surface area contributed by atoms with E-state index in [-0.39, 0.29) is 12.3 Å². The fraction of sp³-hybridized carbons (Fsp3) is 0.130. The van der Waals surface area contributed by atoms with E-state index >= 15 is 0 Å². The van der Waals surface area contributed by atoms with Crippen molar-refractivity contribution in [3.05, 3.63) is 108 Å². The fourth-order valence-electron chi connectivity index (χ4n) is 3.80. The monoisotopic (exact) mass is 357 g/mol. The van der Waals surface area contributed by atoms with E-state index in [0.717, 1.165) is 11.1 Å². The van der Waals surface area contributed by atoms with Crippen LogP contribution in [0.15, 0.2) is 91.0 Å². The molecule has 1 N–H and O–H groups in total. The van der Waals surface area contributed by atoms with E-state index < -0.39 is 17.6 Å². The second-order valence-electron chi connectivity index (χ2n) is 6.75. The number of hydrogen-bond donors (Lipinski definition) is 1. The van der Waals surface area contributed by atoms with Crippen LogP contribution in [0.25, 0.3) is 0 Å². The lowest BCUT2D eigenvalue weighted by Gasteiger charge is -2.13. The van der Waals surface area contributed by atoms with Crippen molar-refractivity contribution >= 4 is 11.9 Å². The predicted octanol–water partition coefficient (Wildman–Crippen LogP) is 3.95. The molecular weight excluding hydrogens is 338 g/mol. The Balaban J connectivity index is 1.78. The highest BCUT2D eigenvalue weighted by molar-refractivity contribution is 6.03. The molecule has 1 aliphatic rings. The summed E-state index contributed by atoms with van der Waals surface area (Å²) in [6.07, 6.45) is 0.265. The first kappa shape index (κ1) is 17.0. The molecule has 3 aromatic rings. The quantitative estimate of drug-likeness (QED) is 0.704. The van der Waals surface area contributed by atoms with E-state index in [1.165, 1.54) is 4.90 Å². The fourth-order valence-corrected chi connectivity index (χ4v) is 3.80. The van der Waals surface area contributed by atoms with Crippen LogP contribution in [0, 0.1) is 0 Å². The molecule has 0 radical (unpaired) electrons. The van der Waals surface area contributed by atoms with Crippen LogP contribution >= 0.6 is 0 Å². The van der Waals surface area contributed by atoms with E-state index in [4.69, 9.17) is 0 Å². The van der Waals surface area contributed by atoms with Crippen molar-refractivity contribution in [2.75, 3.05) is 0 Å². The number of rotatable bonds is 5. The number of benzene rings is 3. The molecule has 1 amide bonds. The Bertz CT molecular complexity index is 957. The maximum Gasteiger partial charge on any atom is 0.332 e. The Kier molecular flexibility index (Phi) is 4.24. The molecular formula is C23H19NO3. The van der Waals surface area contributed by atoms with Gasteiger partial charge in [-0.15, -0.1) is 0 Å². The zero-order valence-electron chi connectivity index (χ0n) is 14.7. The first-order valence-electron chi connectivity index (χ1n) is 8.85. The second-order valence-corrected chi connectivity index (χ2v) is 6.75. The summed E-state index contributed by atoms with van der Waals surface area (Å²) in [5, 5.41) is 10.2. The van der Waals surface area contributed by atoms with Gasteiger partial charge in [0, 0.05) is 12.0 Å². The van der Waals surface area contributed by atoms with Gasteiger partial charge in [0.15, 0.2) is 5.54 Å². The van der Waals surface area contributed by atoms with Gasteiger partial charge < -0.3 is 10.0 Å². The van der Waals surface area contributed by atoms with Crippen LogP contribution in [0.4, 0.5) is 0 Å². The van der Waals surface area contributed by atoms with Crippen LogP contribution in [-0.4, -0.2) is 27.4 Å². The Morgan fingerprint density at radius 1 is 0.815 bits per heavy atom. The van der Waals surface area contributed by atoms with Crippen molar-refractivity contribution < 1.29 is 14.7 Å². The molecule has 1 aliphatic heterocycles. The molecule has 0 spiro atoms. The minimum absolute atomic E-state index is 0.261. The summed E-state index contributed by atoms with van der Waals surface area (Å²) in [7, 11) is 0. The van der Waals surface area contributed by atoms with Crippen LogP contribution < -0.4 is 0 Å². The maximum atomic E-state index is 13.2. The van der Waals surface area contributed by atoms with Crippen LogP contribution in [0.5, 0.6) is 0 Å². The zero-order chi connectivity index (χ0) is 18.9. The smallest absolute Gasteiger partial charge is 0.332 e. The van der Waals surface area contributed by atoms with Crippen molar-refractivity contribution in [1.82, 2.24) is 4.90 Å². The minimum atomic E-state index is -1.28. The number of amides is 1. The van der Waals surface area contributed by atoms with Gasteiger partial charge >= 0.3 is 5.97 Å². The SMILES string of the molecule is O=C(c1ccccc1)N1[C@@H](c2ccccc2)[C@]1(Cc1ccccc1)C(=O)O. The number of hydrogen-bond acceptors (Lipinski definition) is 2. The molecule has 1 saturated heterocycles. The molecule has 4 rings (SSSR count). The summed E-state index contributed by atoms with van der Waals surface area (Å²) >= 11 is 0. The molecule has 4 heteroatoms. The number of nitrogens with zero attached hydrogens (tertiary/aromatic N) is 1. The number of carbonyl (C=O) groups is 2. The predicted molar refractivity (Wildman–Crippen MR) is 102 cm³/mol. The second kappa shape index (κ2) is 6.72. The van der Waals surface area contributed by atoms with Gasteiger partial charge in [-0.3, -0.25) is 4.79 Å². The van der Waals surface area contributed by atoms with Crippen LogP contribution in [0.1, 0.15) is 27.5 Å². The molecule has 0 saturated carbocycles. The van der Waals surface area contributed by atoms with Crippen LogP contribution in [-0.2, 0) is 11.2 Å². The molecule has 1 fully saturated rings. The molecule has 0 aromatic heterocycles. The molecule has 4 nitrogen and oxygen atoms in total. The zero-order valence-corrected chi connectivity index (χ0v) is 14.7. The minimum Gasteiger partial charge on any atom is -0.479 e. The van der Waals surface area contributed by atoms with Gasteiger partial charge in [0.05, 0.1) is 6.04 Å². The summed E-state index contributed by atoms with van der Waals surface area (Å²) in [4.78, 5) is 27.1. The molecule has 0 unspecified atom stereocenters. The van der Waals surface area contributed by atoms with Gasteiger partial charge in [-0.25, -0.2) is 4.79 Å². The van der Waals surface area contributed by atoms with E-state index in [2.05, 4.69) is 0 Å². The lowest BCUT2D eigenvalue weighted by Crippen LogP contribution is -2.34. The molecule has 27 heavy (non-hydrogen) atoms. The van der Waals surface area contributed by atoms with Gasteiger partial charge in [0.2, 0.25) is 0 Å². The highest BCUT2D eigenvalue weighted by Crippen LogP contribution is 2.56. The molecule has 0 aliphatic carbocycles. The molecule has 1 heterocycles.